The Bertz CT molecular complexity index is 593. The lowest BCUT2D eigenvalue weighted by atomic mass is 10.0. The van der Waals surface area contributed by atoms with Crippen LogP contribution < -0.4 is 4.74 Å². The predicted octanol–water partition coefficient (Wildman–Crippen LogP) is 2.30. The molecule has 0 spiro atoms. The lowest BCUT2D eigenvalue weighted by Crippen LogP contribution is -2.05. The van der Waals surface area contributed by atoms with E-state index in [9.17, 15) is 5.11 Å². The Kier molecular flexibility index (Phi) is 4.39. The van der Waals surface area contributed by atoms with Gasteiger partial charge in [-0.1, -0.05) is 6.92 Å². The van der Waals surface area contributed by atoms with Crippen molar-refractivity contribution in [1.29, 1.82) is 0 Å². The smallest absolute Gasteiger partial charge is 0.137 e. The molecule has 0 saturated heterocycles. The Hall–Kier alpha value is -1.88. The molecule has 20 heavy (non-hydrogen) atoms. The van der Waals surface area contributed by atoms with Crippen molar-refractivity contribution in [3.05, 3.63) is 41.0 Å². The summed E-state index contributed by atoms with van der Waals surface area (Å²) < 4.78 is 7.33. The molecule has 0 aliphatic heterocycles. The van der Waals surface area contributed by atoms with Gasteiger partial charge in [-0.2, -0.15) is 5.10 Å². The van der Waals surface area contributed by atoms with E-state index in [4.69, 9.17) is 4.74 Å². The van der Waals surface area contributed by atoms with Crippen molar-refractivity contribution in [3.63, 3.8) is 0 Å². The third-order valence-electron chi connectivity index (χ3n) is 3.36. The first-order valence-electron chi connectivity index (χ1n) is 6.80. The molecule has 2 aromatic heterocycles. The number of rotatable bonds is 5. The number of pyridine rings is 1. The van der Waals surface area contributed by atoms with Crippen LogP contribution in [-0.4, -0.2) is 26.5 Å². The molecule has 0 aliphatic rings. The highest BCUT2D eigenvalue weighted by molar-refractivity contribution is 5.36. The summed E-state index contributed by atoms with van der Waals surface area (Å²) in [5, 5.41) is 14.9. The number of hydrogen-bond donors (Lipinski definition) is 1. The second-order valence-electron chi connectivity index (χ2n) is 4.91. The van der Waals surface area contributed by atoms with Gasteiger partial charge in [0.05, 0.1) is 18.5 Å². The van der Waals surface area contributed by atoms with Gasteiger partial charge in [-0.3, -0.25) is 9.67 Å². The van der Waals surface area contributed by atoms with Crippen molar-refractivity contribution < 1.29 is 9.84 Å². The highest BCUT2D eigenvalue weighted by atomic mass is 16.5. The molecule has 2 heterocycles. The molecular weight excluding hydrogens is 254 g/mol. The number of aliphatic hydroxyl groups excluding tert-OH is 1. The minimum absolute atomic E-state index is 0.645. The zero-order chi connectivity index (χ0) is 14.7. The van der Waals surface area contributed by atoms with Crippen LogP contribution >= 0.6 is 0 Å². The van der Waals surface area contributed by atoms with Crippen LogP contribution in [0.3, 0.4) is 0 Å². The fourth-order valence-corrected chi connectivity index (χ4v) is 2.24. The summed E-state index contributed by atoms with van der Waals surface area (Å²) in [6.45, 7) is 6.54. The molecule has 0 saturated carbocycles. The predicted molar refractivity (Wildman–Crippen MR) is 76.8 cm³/mol. The van der Waals surface area contributed by atoms with Crippen LogP contribution in [0.1, 0.15) is 42.0 Å². The molecule has 0 radical (unpaired) electrons. The van der Waals surface area contributed by atoms with E-state index in [1.807, 2.05) is 27.0 Å². The third kappa shape index (κ3) is 2.82. The molecule has 2 rings (SSSR count). The number of hydrogen-bond acceptors (Lipinski definition) is 4. The first-order valence-corrected chi connectivity index (χ1v) is 6.80. The second-order valence-corrected chi connectivity index (χ2v) is 4.91. The van der Waals surface area contributed by atoms with E-state index >= 15 is 0 Å². The van der Waals surface area contributed by atoms with Gasteiger partial charge in [0.15, 0.2) is 0 Å². The highest BCUT2D eigenvalue weighted by Gasteiger charge is 2.20. The number of aryl methyl sites for hydroxylation is 2. The Labute approximate surface area is 119 Å². The fourth-order valence-electron chi connectivity index (χ4n) is 2.24. The quantitative estimate of drug-likeness (QED) is 0.909. The average molecular weight is 275 g/mol. The van der Waals surface area contributed by atoms with Crippen LogP contribution in [0, 0.1) is 13.8 Å². The van der Waals surface area contributed by atoms with E-state index in [0.717, 1.165) is 28.9 Å². The second kappa shape index (κ2) is 6.05. The largest absolute Gasteiger partial charge is 0.492 e. The van der Waals surface area contributed by atoms with Crippen molar-refractivity contribution in [2.24, 2.45) is 7.05 Å². The van der Waals surface area contributed by atoms with Crippen molar-refractivity contribution in [2.45, 2.75) is 33.3 Å². The standard InChI is InChI=1S/C15H21N3O2/c1-5-6-20-13-7-12(8-16-9-13)15(19)14-10(2)17-18(4)11(14)3/h7-9,15,19H,5-6H2,1-4H3. The lowest BCUT2D eigenvalue weighted by molar-refractivity contribution is 0.217. The number of nitrogens with zero attached hydrogens (tertiary/aromatic N) is 3. The molecule has 0 bridgehead atoms. The van der Waals surface area contributed by atoms with Crippen molar-refractivity contribution in [1.82, 2.24) is 14.8 Å². The van der Waals surface area contributed by atoms with E-state index in [-0.39, 0.29) is 0 Å². The minimum Gasteiger partial charge on any atom is -0.492 e. The Balaban J connectivity index is 2.30. The zero-order valence-electron chi connectivity index (χ0n) is 12.4. The molecule has 2 aromatic rings. The summed E-state index contributed by atoms with van der Waals surface area (Å²) >= 11 is 0. The first kappa shape index (κ1) is 14.5. The van der Waals surface area contributed by atoms with Gasteiger partial charge in [0.25, 0.3) is 0 Å². The van der Waals surface area contributed by atoms with Crippen LogP contribution in [0.2, 0.25) is 0 Å². The normalized spacial score (nSPS) is 12.4. The first-order chi connectivity index (χ1) is 9.54. The van der Waals surface area contributed by atoms with E-state index in [2.05, 4.69) is 17.0 Å². The molecule has 1 N–H and O–H groups in total. The summed E-state index contributed by atoms with van der Waals surface area (Å²) in [4.78, 5) is 4.14. The molecule has 0 fully saturated rings. The summed E-state index contributed by atoms with van der Waals surface area (Å²) in [5.74, 6) is 0.683. The SMILES string of the molecule is CCCOc1cncc(C(O)c2c(C)nn(C)c2C)c1. The van der Waals surface area contributed by atoms with Crippen LogP contribution in [0.5, 0.6) is 5.75 Å². The third-order valence-corrected chi connectivity index (χ3v) is 3.36. The van der Waals surface area contributed by atoms with E-state index < -0.39 is 6.10 Å². The molecule has 0 amide bonds. The Morgan fingerprint density at radius 3 is 2.70 bits per heavy atom. The maximum Gasteiger partial charge on any atom is 0.137 e. The number of ether oxygens (including phenoxy) is 1. The van der Waals surface area contributed by atoms with Crippen molar-refractivity contribution in [3.8, 4) is 5.75 Å². The zero-order valence-corrected chi connectivity index (χ0v) is 12.4. The Morgan fingerprint density at radius 2 is 2.10 bits per heavy atom. The molecule has 0 aliphatic carbocycles. The topological polar surface area (TPSA) is 60.2 Å². The molecule has 1 unspecified atom stereocenters. The van der Waals surface area contributed by atoms with Gasteiger partial charge in [-0.05, 0) is 26.3 Å². The maximum atomic E-state index is 10.6. The molecule has 108 valence electrons. The molecular formula is C15H21N3O2. The molecule has 5 nitrogen and oxygen atoms in total. The van der Waals surface area contributed by atoms with E-state index in [1.165, 1.54) is 0 Å². The van der Waals surface area contributed by atoms with E-state index in [0.29, 0.717) is 12.4 Å². The average Bonchev–Trinajstić information content (AvgIpc) is 2.69. The minimum atomic E-state index is -0.735. The summed E-state index contributed by atoms with van der Waals surface area (Å²) in [7, 11) is 1.87. The summed E-state index contributed by atoms with van der Waals surface area (Å²) in [5.41, 5.74) is 3.34. The van der Waals surface area contributed by atoms with Gasteiger partial charge in [0.2, 0.25) is 0 Å². The monoisotopic (exact) mass is 275 g/mol. The molecule has 5 heteroatoms. The molecule has 1 atom stereocenters. The van der Waals surface area contributed by atoms with Gasteiger partial charge in [-0.25, -0.2) is 0 Å². The fraction of sp³-hybridized carbons (Fsp3) is 0.467. The Morgan fingerprint density at radius 1 is 1.35 bits per heavy atom. The lowest BCUT2D eigenvalue weighted by Gasteiger charge is -2.13. The summed E-state index contributed by atoms with van der Waals surface area (Å²) in [6, 6.07) is 1.83. The maximum absolute atomic E-state index is 10.6. The number of aliphatic hydroxyl groups is 1. The van der Waals surface area contributed by atoms with Crippen LogP contribution in [0.4, 0.5) is 0 Å². The van der Waals surface area contributed by atoms with Gasteiger partial charge in [0.1, 0.15) is 11.9 Å². The van der Waals surface area contributed by atoms with E-state index in [1.54, 1.807) is 17.1 Å². The van der Waals surface area contributed by atoms with Crippen molar-refractivity contribution in [2.75, 3.05) is 6.61 Å². The van der Waals surface area contributed by atoms with Crippen LogP contribution in [0.25, 0.3) is 0 Å². The van der Waals surface area contributed by atoms with Crippen LogP contribution in [-0.2, 0) is 7.05 Å². The number of aromatic nitrogens is 3. The van der Waals surface area contributed by atoms with Gasteiger partial charge < -0.3 is 9.84 Å². The van der Waals surface area contributed by atoms with Gasteiger partial charge in [0, 0.05) is 30.1 Å². The highest BCUT2D eigenvalue weighted by Crippen LogP contribution is 2.28. The van der Waals surface area contributed by atoms with Gasteiger partial charge in [-0.15, -0.1) is 0 Å². The van der Waals surface area contributed by atoms with Gasteiger partial charge >= 0.3 is 0 Å². The van der Waals surface area contributed by atoms with Crippen LogP contribution in [0.15, 0.2) is 18.5 Å². The summed E-state index contributed by atoms with van der Waals surface area (Å²) in [6.07, 6.45) is 3.53. The molecule has 0 aromatic carbocycles. The van der Waals surface area contributed by atoms with Crippen molar-refractivity contribution >= 4 is 0 Å².